The summed E-state index contributed by atoms with van der Waals surface area (Å²) in [6, 6.07) is 8.12. The van der Waals surface area contributed by atoms with E-state index in [2.05, 4.69) is 16.7 Å². The van der Waals surface area contributed by atoms with Crippen molar-refractivity contribution in [3.63, 3.8) is 0 Å². The van der Waals surface area contributed by atoms with Crippen LogP contribution in [-0.4, -0.2) is 29.7 Å². The molecule has 0 bridgehead atoms. The first kappa shape index (κ1) is 13.6. The molecule has 3 unspecified atom stereocenters. The zero-order chi connectivity index (χ0) is 13.9. The smallest absolute Gasteiger partial charge is 0.241 e. The van der Waals surface area contributed by atoms with Crippen molar-refractivity contribution in [2.24, 2.45) is 5.92 Å². The number of carbonyl (C=O) groups is 1. The number of hydrogen-bond donors (Lipinski definition) is 3. The van der Waals surface area contributed by atoms with Crippen molar-refractivity contribution in [3.05, 3.63) is 29.8 Å². The second-order valence-corrected chi connectivity index (χ2v) is 5.88. The molecule has 2 aliphatic rings. The Kier molecular flexibility index (Phi) is 4.03. The van der Waals surface area contributed by atoms with Crippen LogP contribution in [0.4, 0.5) is 5.69 Å². The molecule has 20 heavy (non-hydrogen) atoms. The van der Waals surface area contributed by atoms with Crippen LogP contribution < -0.4 is 10.6 Å². The Bertz CT molecular complexity index is 489. The third-order valence-corrected chi connectivity index (χ3v) is 4.60. The minimum Gasteiger partial charge on any atom is -0.396 e. The molecule has 0 saturated heterocycles. The van der Waals surface area contributed by atoms with Crippen LogP contribution in [0.2, 0.25) is 0 Å². The van der Waals surface area contributed by atoms with E-state index in [-0.39, 0.29) is 24.6 Å². The van der Waals surface area contributed by atoms with Gasteiger partial charge in [0.15, 0.2) is 0 Å². The molecular formula is C16H22N2O2. The van der Waals surface area contributed by atoms with Gasteiger partial charge in [0.2, 0.25) is 5.91 Å². The zero-order valence-corrected chi connectivity index (χ0v) is 11.6. The first-order valence-electron chi connectivity index (χ1n) is 7.53. The molecule has 3 atom stereocenters. The van der Waals surface area contributed by atoms with Crippen molar-refractivity contribution in [1.82, 2.24) is 5.32 Å². The van der Waals surface area contributed by atoms with E-state index < -0.39 is 0 Å². The van der Waals surface area contributed by atoms with E-state index in [0.717, 1.165) is 37.8 Å². The molecule has 0 aromatic heterocycles. The fourth-order valence-electron chi connectivity index (χ4n) is 3.40. The number of hydrogen-bond acceptors (Lipinski definition) is 3. The van der Waals surface area contributed by atoms with Gasteiger partial charge in [0, 0.05) is 18.3 Å². The number of aryl methyl sites for hydroxylation is 1. The average molecular weight is 274 g/mol. The summed E-state index contributed by atoms with van der Waals surface area (Å²) in [5, 5.41) is 15.9. The van der Waals surface area contributed by atoms with Crippen molar-refractivity contribution in [3.8, 4) is 0 Å². The monoisotopic (exact) mass is 274 g/mol. The second-order valence-electron chi connectivity index (χ2n) is 5.88. The van der Waals surface area contributed by atoms with E-state index in [1.165, 1.54) is 5.56 Å². The molecule has 1 saturated carbocycles. The first-order chi connectivity index (χ1) is 9.78. The van der Waals surface area contributed by atoms with Gasteiger partial charge in [-0.1, -0.05) is 24.6 Å². The molecule has 1 heterocycles. The number of fused-ring (bicyclic) bond motifs is 1. The van der Waals surface area contributed by atoms with Gasteiger partial charge in [0.1, 0.15) is 0 Å². The number of rotatable bonds is 3. The highest BCUT2D eigenvalue weighted by Gasteiger charge is 2.31. The lowest BCUT2D eigenvalue weighted by molar-refractivity contribution is -0.118. The van der Waals surface area contributed by atoms with Crippen LogP contribution in [0.1, 0.15) is 31.2 Å². The van der Waals surface area contributed by atoms with Gasteiger partial charge in [-0.3, -0.25) is 4.79 Å². The number of aliphatic hydroxyl groups is 1. The average Bonchev–Trinajstić information content (AvgIpc) is 2.85. The maximum atomic E-state index is 12.3. The maximum absolute atomic E-state index is 12.3. The number of aliphatic hydroxyl groups excluding tert-OH is 1. The summed E-state index contributed by atoms with van der Waals surface area (Å²) >= 11 is 0. The van der Waals surface area contributed by atoms with Crippen LogP contribution in [0.25, 0.3) is 0 Å². The summed E-state index contributed by atoms with van der Waals surface area (Å²) in [7, 11) is 0. The van der Waals surface area contributed by atoms with Crippen LogP contribution >= 0.6 is 0 Å². The lowest BCUT2D eigenvalue weighted by Gasteiger charge is -2.24. The van der Waals surface area contributed by atoms with Crippen LogP contribution in [0.3, 0.4) is 0 Å². The number of para-hydroxylation sites is 1. The standard InChI is InChI=1S/C16H22N2O2/c19-10-12-5-3-7-14(12)17-15-9-8-11-4-1-2-6-13(11)18-16(15)20/h1-2,4,6,12,14-15,17,19H,3,5,7-10H2,(H,18,20). The molecule has 1 fully saturated rings. The molecule has 1 aliphatic heterocycles. The Labute approximate surface area is 119 Å². The van der Waals surface area contributed by atoms with Crippen molar-refractivity contribution in [2.45, 2.75) is 44.2 Å². The van der Waals surface area contributed by atoms with Gasteiger partial charge in [-0.25, -0.2) is 0 Å². The molecule has 1 aromatic rings. The van der Waals surface area contributed by atoms with Crippen molar-refractivity contribution in [1.29, 1.82) is 0 Å². The third-order valence-electron chi connectivity index (χ3n) is 4.60. The van der Waals surface area contributed by atoms with E-state index in [1.54, 1.807) is 0 Å². The SMILES string of the molecule is O=C1Nc2ccccc2CCC1NC1CCCC1CO. The molecule has 1 aromatic carbocycles. The molecule has 1 aliphatic carbocycles. The van der Waals surface area contributed by atoms with E-state index in [0.29, 0.717) is 5.92 Å². The lowest BCUT2D eigenvalue weighted by atomic mass is 10.0. The quantitative estimate of drug-likeness (QED) is 0.786. The second kappa shape index (κ2) is 5.94. The normalized spacial score (nSPS) is 29.6. The Morgan fingerprint density at radius 3 is 2.95 bits per heavy atom. The van der Waals surface area contributed by atoms with Crippen LogP contribution in [0, 0.1) is 5.92 Å². The Hall–Kier alpha value is -1.39. The molecule has 3 rings (SSSR count). The van der Waals surface area contributed by atoms with E-state index in [4.69, 9.17) is 0 Å². The Morgan fingerprint density at radius 2 is 2.10 bits per heavy atom. The van der Waals surface area contributed by atoms with Crippen LogP contribution in [0.5, 0.6) is 0 Å². The molecule has 3 N–H and O–H groups in total. The molecule has 4 nitrogen and oxygen atoms in total. The van der Waals surface area contributed by atoms with Gasteiger partial charge in [-0.05, 0) is 43.2 Å². The minimum atomic E-state index is -0.153. The highest BCUT2D eigenvalue weighted by Crippen LogP contribution is 2.27. The summed E-state index contributed by atoms with van der Waals surface area (Å²) < 4.78 is 0. The van der Waals surface area contributed by atoms with Crippen LogP contribution in [-0.2, 0) is 11.2 Å². The number of carbonyl (C=O) groups excluding carboxylic acids is 1. The predicted octanol–water partition coefficient (Wildman–Crippen LogP) is 1.69. The summed E-state index contributed by atoms with van der Waals surface area (Å²) in [6.07, 6.45) is 4.97. The van der Waals surface area contributed by atoms with Crippen molar-refractivity contribution in [2.75, 3.05) is 11.9 Å². The lowest BCUT2D eigenvalue weighted by Crippen LogP contribution is -2.47. The highest BCUT2D eigenvalue weighted by atomic mass is 16.3. The van der Waals surface area contributed by atoms with Gasteiger partial charge in [0.25, 0.3) is 0 Å². The number of anilines is 1. The van der Waals surface area contributed by atoms with Gasteiger partial charge in [-0.15, -0.1) is 0 Å². The molecule has 0 spiro atoms. The minimum absolute atomic E-state index is 0.0542. The zero-order valence-electron chi connectivity index (χ0n) is 11.6. The van der Waals surface area contributed by atoms with Gasteiger partial charge in [-0.2, -0.15) is 0 Å². The largest absolute Gasteiger partial charge is 0.396 e. The van der Waals surface area contributed by atoms with Gasteiger partial charge >= 0.3 is 0 Å². The summed E-state index contributed by atoms with van der Waals surface area (Å²) in [4.78, 5) is 12.3. The van der Waals surface area contributed by atoms with E-state index in [1.807, 2.05) is 18.2 Å². The van der Waals surface area contributed by atoms with Gasteiger partial charge in [0.05, 0.1) is 6.04 Å². The summed E-state index contributed by atoms with van der Waals surface area (Å²) in [6.45, 7) is 0.215. The summed E-state index contributed by atoms with van der Waals surface area (Å²) in [5.74, 6) is 0.354. The first-order valence-corrected chi connectivity index (χ1v) is 7.53. The fourth-order valence-corrected chi connectivity index (χ4v) is 3.40. The van der Waals surface area contributed by atoms with Crippen molar-refractivity contribution >= 4 is 11.6 Å². The van der Waals surface area contributed by atoms with Crippen LogP contribution in [0.15, 0.2) is 24.3 Å². The van der Waals surface area contributed by atoms with E-state index in [9.17, 15) is 9.90 Å². The third kappa shape index (κ3) is 2.72. The summed E-state index contributed by atoms with van der Waals surface area (Å²) in [5.41, 5.74) is 2.14. The fraction of sp³-hybridized carbons (Fsp3) is 0.562. The molecule has 1 amide bonds. The number of benzene rings is 1. The maximum Gasteiger partial charge on any atom is 0.241 e. The number of nitrogens with one attached hydrogen (secondary N) is 2. The molecule has 0 radical (unpaired) electrons. The Morgan fingerprint density at radius 1 is 1.25 bits per heavy atom. The van der Waals surface area contributed by atoms with Gasteiger partial charge < -0.3 is 15.7 Å². The number of amides is 1. The highest BCUT2D eigenvalue weighted by molar-refractivity contribution is 5.96. The van der Waals surface area contributed by atoms with E-state index >= 15 is 0 Å². The predicted molar refractivity (Wildman–Crippen MR) is 78.5 cm³/mol. The van der Waals surface area contributed by atoms with Crippen molar-refractivity contribution < 1.29 is 9.90 Å². The molecular weight excluding hydrogens is 252 g/mol. The molecule has 4 heteroatoms. The Balaban J connectivity index is 1.68. The topological polar surface area (TPSA) is 61.4 Å². The molecule has 108 valence electrons.